The maximum atomic E-state index is 5.55. The Balaban J connectivity index is 2.01. The number of rotatable bonds is 4. The number of hydrogen-bond acceptors (Lipinski definition) is 1. The molecule has 3 heteroatoms. The van der Waals surface area contributed by atoms with Crippen LogP contribution in [-0.2, 0) is 12.8 Å². The zero-order chi connectivity index (χ0) is 15.1. The van der Waals surface area contributed by atoms with Crippen molar-refractivity contribution in [2.24, 2.45) is 0 Å². The number of thiocarbonyl (C=S) groups is 1. The van der Waals surface area contributed by atoms with Gasteiger partial charge in [-0.2, -0.15) is 0 Å². The smallest absolute Gasteiger partial charge is 0.171 e. The number of nitrogens with one attached hydrogen (secondary N) is 2. The minimum absolute atomic E-state index is 0.548. The van der Waals surface area contributed by atoms with E-state index in [1.54, 1.807) is 0 Å². The molecule has 0 amide bonds. The molecule has 116 valence electrons. The summed E-state index contributed by atoms with van der Waals surface area (Å²) in [6, 6.07) is 7.07. The summed E-state index contributed by atoms with van der Waals surface area (Å²) in [7, 11) is 0. The third kappa shape index (κ3) is 4.70. The first-order valence-corrected chi connectivity index (χ1v) is 8.83. The SMILES string of the molecule is CCc1cccc(CC)c1NC(=S)NC1CCCCCC1. The van der Waals surface area contributed by atoms with E-state index in [1.807, 2.05) is 0 Å². The monoisotopic (exact) mass is 304 g/mol. The van der Waals surface area contributed by atoms with Gasteiger partial charge in [0.05, 0.1) is 0 Å². The average molecular weight is 305 g/mol. The van der Waals surface area contributed by atoms with Crippen molar-refractivity contribution in [2.45, 2.75) is 71.3 Å². The summed E-state index contributed by atoms with van der Waals surface area (Å²) in [6.07, 6.45) is 9.95. The van der Waals surface area contributed by atoms with Crippen molar-refractivity contribution in [3.8, 4) is 0 Å². The molecular weight excluding hydrogens is 276 g/mol. The fourth-order valence-corrected chi connectivity index (χ4v) is 3.43. The average Bonchev–Trinajstić information content (AvgIpc) is 2.76. The summed E-state index contributed by atoms with van der Waals surface area (Å²) < 4.78 is 0. The van der Waals surface area contributed by atoms with E-state index >= 15 is 0 Å². The fraction of sp³-hybridized carbons (Fsp3) is 0.611. The number of benzene rings is 1. The summed E-state index contributed by atoms with van der Waals surface area (Å²) in [6.45, 7) is 4.39. The van der Waals surface area contributed by atoms with Gasteiger partial charge >= 0.3 is 0 Å². The van der Waals surface area contributed by atoms with Crippen LogP contribution < -0.4 is 10.6 Å². The molecule has 0 unspecified atom stereocenters. The van der Waals surface area contributed by atoms with Gasteiger partial charge in [-0.25, -0.2) is 0 Å². The quantitative estimate of drug-likeness (QED) is 0.616. The maximum absolute atomic E-state index is 5.55. The lowest BCUT2D eigenvalue weighted by atomic mass is 10.0. The zero-order valence-electron chi connectivity index (χ0n) is 13.4. The van der Waals surface area contributed by atoms with Crippen LogP contribution in [0.5, 0.6) is 0 Å². The number of aryl methyl sites for hydroxylation is 2. The molecule has 1 fully saturated rings. The van der Waals surface area contributed by atoms with Gasteiger partial charge in [-0.3, -0.25) is 0 Å². The predicted molar refractivity (Wildman–Crippen MR) is 96.0 cm³/mol. The Morgan fingerprint density at radius 1 is 1.05 bits per heavy atom. The molecule has 2 nitrogen and oxygen atoms in total. The van der Waals surface area contributed by atoms with Gasteiger partial charge in [-0.1, -0.05) is 57.7 Å². The Labute approximate surface area is 134 Å². The summed E-state index contributed by atoms with van der Waals surface area (Å²) in [5, 5.41) is 7.79. The van der Waals surface area contributed by atoms with E-state index in [2.05, 4.69) is 42.7 Å². The summed E-state index contributed by atoms with van der Waals surface area (Å²) in [5.41, 5.74) is 3.91. The molecule has 1 saturated carbocycles. The zero-order valence-corrected chi connectivity index (χ0v) is 14.2. The minimum Gasteiger partial charge on any atom is -0.360 e. The Bertz CT molecular complexity index is 440. The number of anilines is 1. The van der Waals surface area contributed by atoms with E-state index in [4.69, 9.17) is 12.2 Å². The van der Waals surface area contributed by atoms with Crippen molar-refractivity contribution < 1.29 is 0 Å². The van der Waals surface area contributed by atoms with Crippen molar-refractivity contribution in [2.75, 3.05) is 5.32 Å². The minimum atomic E-state index is 0.548. The lowest BCUT2D eigenvalue weighted by Crippen LogP contribution is -2.37. The van der Waals surface area contributed by atoms with Crippen LogP contribution in [0.4, 0.5) is 5.69 Å². The van der Waals surface area contributed by atoms with Gasteiger partial charge in [0.15, 0.2) is 5.11 Å². The van der Waals surface area contributed by atoms with Crippen LogP contribution in [0.3, 0.4) is 0 Å². The van der Waals surface area contributed by atoms with Gasteiger partial charge in [-0.05, 0) is 49.0 Å². The van der Waals surface area contributed by atoms with Gasteiger partial charge in [0.25, 0.3) is 0 Å². The molecule has 0 aromatic heterocycles. The van der Waals surface area contributed by atoms with Gasteiger partial charge in [0.1, 0.15) is 0 Å². The van der Waals surface area contributed by atoms with Crippen LogP contribution in [0.1, 0.15) is 63.5 Å². The van der Waals surface area contributed by atoms with E-state index in [-0.39, 0.29) is 0 Å². The number of para-hydroxylation sites is 1. The molecule has 1 aliphatic carbocycles. The molecule has 2 N–H and O–H groups in total. The first kappa shape index (κ1) is 16.3. The largest absolute Gasteiger partial charge is 0.360 e. The van der Waals surface area contributed by atoms with Crippen LogP contribution in [0, 0.1) is 0 Å². The second kappa shape index (κ2) is 8.38. The predicted octanol–water partition coefficient (Wildman–Crippen LogP) is 4.82. The topological polar surface area (TPSA) is 24.1 Å². The lowest BCUT2D eigenvalue weighted by Gasteiger charge is -2.21. The molecular formula is C18H28N2S. The molecule has 21 heavy (non-hydrogen) atoms. The van der Waals surface area contributed by atoms with Crippen molar-refractivity contribution in [1.29, 1.82) is 0 Å². The fourth-order valence-electron chi connectivity index (χ4n) is 3.16. The first-order valence-electron chi connectivity index (χ1n) is 8.42. The molecule has 0 aliphatic heterocycles. The Hall–Kier alpha value is -1.09. The van der Waals surface area contributed by atoms with Crippen molar-refractivity contribution >= 4 is 23.0 Å². The second-order valence-electron chi connectivity index (χ2n) is 5.95. The van der Waals surface area contributed by atoms with E-state index in [0.717, 1.165) is 18.0 Å². The van der Waals surface area contributed by atoms with Crippen LogP contribution in [0.25, 0.3) is 0 Å². The highest BCUT2D eigenvalue weighted by Gasteiger charge is 2.14. The first-order chi connectivity index (χ1) is 10.2. The normalized spacial score (nSPS) is 16.3. The molecule has 0 saturated heterocycles. The van der Waals surface area contributed by atoms with Gasteiger partial charge in [0, 0.05) is 11.7 Å². The number of hydrogen-bond donors (Lipinski definition) is 2. The Kier molecular flexibility index (Phi) is 6.50. The second-order valence-corrected chi connectivity index (χ2v) is 6.35. The van der Waals surface area contributed by atoms with E-state index in [0.29, 0.717) is 6.04 Å². The molecule has 0 radical (unpaired) electrons. The van der Waals surface area contributed by atoms with Crippen LogP contribution in [0.2, 0.25) is 0 Å². The molecule has 0 bridgehead atoms. The van der Waals surface area contributed by atoms with Crippen molar-refractivity contribution in [3.05, 3.63) is 29.3 Å². The summed E-state index contributed by atoms with van der Waals surface area (Å²) in [5.74, 6) is 0. The van der Waals surface area contributed by atoms with E-state index in [9.17, 15) is 0 Å². The highest BCUT2D eigenvalue weighted by atomic mass is 32.1. The van der Waals surface area contributed by atoms with Crippen LogP contribution in [-0.4, -0.2) is 11.2 Å². The molecule has 2 rings (SSSR count). The van der Waals surface area contributed by atoms with Crippen molar-refractivity contribution in [3.63, 3.8) is 0 Å². The third-order valence-electron chi connectivity index (χ3n) is 4.43. The molecule has 1 aromatic carbocycles. The maximum Gasteiger partial charge on any atom is 0.171 e. The van der Waals surface area contributed by atoms with Gasteiger partial charge in [-0.15, -0.1) is 0 Å². The van der Waals surface area contributed by atoms with E-state index < -0.39 is 0 Å². The van der Waals surface area contributed by atoms with Crippen molar-refractivity contribution in [1.82, 2.24) is 5.32 Å². The Morgan fingerprint density at radius 2 is 1.62 bits per heavy atom. The standard InChI is InChI=1S/C18H28N2S/c1-3-14-10-9-11-15(4-2)17(14)20-18(21)19-16-12-7-5-6-8-13-16/h9-11,16H,3-8,12-13H2,1-2H3,(H2,19,20,21). The summed E-state index contributed by atoms with van der Waals surface area (Å²) >= 11 is 5.55. The molecule has 0 spiro atoms. The molecule has 1 aromatic rings. The van der Waals surface area contributed by atoms with Gasteiger partial charge in [0.2, 0.25) is 0 Å². The molecule has 1 aliphatic rings. The van der Waals surface area contributed by atoms with E-state index in [1.165, 1.54) is 55.3 Å². The summed E-state index contributed by atoms with van der Waals surface area (Å²) in [4.78, 5) is 0. The molecule has 0 atom stereocenters. The van der Waals surface area contributed by atoms with Crippen LogP contribution in [0.15, 0.2) is 18.2 Å². The third-order valence-corrected chi connectivity index (χ3v) is 4.65. The highest BCUT2D eigenvalue weighted by Crippen LogP contribution is 2.23. The van der Waals surface area contributed by atoms with Crippen LogP contribution >= 0.6 is 12.2 Å². The highest BCUT2D eigenvalue weighted by molar-refractivity contribution is 7.80. The van der Waals surface area contributed by atoms with Gasteiger partial charge < -0.3 is 10.6 Å². The lowest BCUT2D eigenvalue weighted by molar-refractivity contribution is 0.535. The Morgan fingerprint density at radius 3 is 2.14 bits per heavy atom. The molecule has 0 heterocycles.